The summed E-state index contributed by atoms with van der Waals surface area (Å²) in [5, 5.41) is 0. The van der Waals surface area contributed by atoms with E-state index >= 15 is 0 Å². The van der Waals surface area contributed by atoms with Crippen LogP contribution in [0.25, 0.3) is 28.3 Å². The predicted octanol–water partition coefficient (Wildman–Crippen LogP) is 4.80. The maximum absolute atomic E-state index is 5.96. The van der Waals surface area contributed by atoms with Gasteiger partial charge in [0.05, 0.1) is 11.4 Å². The monoisotopic (exact) mass is 319 g/mol. The van der Waals surface area contributed by atoms with Crippen LogP contribution in [-0.4, -0.2) is 14.4 Å². The molecule has 0 amide bonds. The van der Waals surface area contributed by atoms with Gasteiger partial charge in [-0.05, 0) is 29.8 Å². The SMILES string of the molecule is ClCc1ccn2c(-c3ccccc3)c(-c3ccccn3)nc2c1. The Hall–Kier alpha value is -2.65. The average Bonchev–Trinajstić information content (AvgIpc) is 3.01. The quantitative estimate of drug-likeness (QED) is 0.508. The van der Waals surface area contributed by atoms with E-state index in [0.717, 1.165) is 33.9 Å². The van der Waals surface area contributed by atoms with E-state index in [4.69, 9.17) is 16.6 Å². The number of hydrogen-bond donors (Lipinski definition) is 0. The highest BCUT2D eigenvalue weighted by molar-refractivity contribution is 6.17. The molecule has 0 radical (unpaired) electrons. The standard InChI is InChI=1S/C19H14ClN3/c20-13-14-9-11-23-17(12-14)22-18(16-8-4-5-10-21-16)19(23)15-6-2-1-3-7-15/h1-12H,13H2. The number of nitrogens with zero attached hydrogens (tertiary/aromatic N) is 3. The van der Waals surface area contributed by atoms with Gasteiger partial charge in [0, 0.05) is 23.8 Å². The smallest absolute Gasteiger partial charge is 0.138 e. The first-order valence-corrected chi connectivity index (χ1v) is 7.94. The number of halogens is 1. The molecule has 0 unspecified atom stereocenters. The molecule has 0 saturated carbocycles. The maximum atomic E-state index is 5.96. The van der Waals surface area contributed by atoms with Crippen molar-refractivity contribution in [1.29, 1.82) is 0 Å². The third-order valence-electron chi connectivity index (χ3n) is 3.80. The molecule has 4 aromatic rings. The first kappa shape index (κ1) is 14.0. The molecule has 0 fully saturated rings. The normalized spacial score (nSPS) is 11.0. The van der Waals surface area contributed by atoms with Gasteiger partial charge in [-0.25, -0.2) is 4.98 Å². The molecule has 0 aliphatic heterocycles. The lowest BCUT2D eigenvalue weighted by molar-refractivity contribution is 1.17. The summed E-state index contributed by atoms with van der Waals surface area (Å²) >= 11 is 5.96. The fourth-order valence-electron chi connectivity index (χ4n) is 2.72. The van der Waals surface area contributed by atoms with Crippen molar-refractivity contribution < 1.29 is 0 Å². The number of benzene rings is 1. The van der Waals surface area contributed by atoms with E-state index in [1.807, 2.05) is 54.7 Å². The predicted molar refractivity (Wildman–Crippen MR) is 93.4 cm³/mol. The van der Waals surface area contributed by atoms with Crippen LogP contribution >= 0.6 is 11.6 Å². The van der Waals surface area contributed by atoms with E-state index in [-0.39, 0.29) is 0 Å². The maximum Gasteiger partial charge on any atom is 0.138 e. The number of fused-ring (bicyclic) bond motifs is 1. The second-order valence-electron chi connectivity index (χ2n) is 5.29. The lowest BCUT2D eigenvalue weighted by Crippen LogP contribution is -1.91. The van der Waals surface area contributed by atoms with Crippen LogP contribution in [-0.2, 0) is 5.88 Å². The second kappa shape index (κ2) is 5.86. The van der Waals surface area contributed by atoms with Crippen molar-refractivity contribution in [2.24, 2.45) is 0 Å². The number of aromatic nitrogens is 3. The molecule has 1 aromatic carbocycles. The Balaban J connectivity index is 2.04. The van der Waals surface area contributed by atoms with Crippen molar-refractivity contribution in [1.82, 2.24) is 14.4 Å². The summed E-state index contributed by atoms with van der Waals surface area (Å²) in [5.41, 5.74) is 5.82. The summed E-state index contributed by atoms with van der Waals surface area (Å²) in [4.78, 5) is 9.28. The molecule has 0 N–H and O–H groups in total. The van der Waals surface area contributed by atoms with E-state index in [1.54, 1.807) is 6.20 Å². The second-order valence-corrected chi connectivity index (χ2v) is 5.55. The van der Waals surface area contributed by atoms with Crippen LogP contribution in [0.1, 0.15) is 5.56 Å². The van der Waals surface area contributed by atoms with Crippen molar-refractivity contribution in [2.45, 2.75) is 5.88 Å². The van der Waals surface area contributed by atoms with Crippen LogP contribution in [0.5, 0.6) is 0 Å². The lowest BCUT2D eigenvalue weighted by atomic mass is 10.1. The van der Waals surface area contributed by atoms with Gasteiger partial charge in [-0.3, -0.25) is 9.38 Å². The molecular weight excluding hydrogens is 306 g/mol. The molecule has 0 aliphatic rings. The van der Waals surface area contributed by atoms with Gasteiger partial charge < -0.3 is 0 Å². The molecule has 23 heavy (non-hydrogen) atoms. The van der Waals surface area contributed by atoms with E-state index in [1.165, 1.54) is 0 Å². The molecular formula is C19H14ClN3. The molecule has 0 atom stereocenters. The molecule has 3 heterocycles. The number of pyridine rings is 2. The zero-order valence-corrected chi connectivity index (χ0v) is 13.1. The van der Waals surface area contributed by atoms with Crippen molar-refractivity contribution in [3.05, 3.63) is 78.6 Å². The van der Waals surface area contributed by atoms with Crippen LogP contribution in [0.3, 0.4) is 0 Å². The minimum absolute atomic E-state index is 0.475. The summed E-state index contributed by atoms with van der Waals surface area (Å²) in [7, 11) is 0. The molecule has 112 valence electrons. The fourth-order valence-corrected chi connectivity index (χ4v) is 2.89. The van der Waals surface area contributed by atoms with Gasteiger partial charge in [0.2, 0.25) is 0 Å². The lowest BCUT2D eigenvalue weighted by Gasteiger charge is -2.05. The van der Waals surface area contributed by atoms with Crippen LogP contribution in [0.15, 0.2) is 73.1 Å². The van der Waals surface area contributed by atoms with Crippen LogP contribution < -0.4 is 0 Å². The Morgan fingerprint density at radius 2 is 1.78 bits per heavy atom. The Bertz CT molecular complexity index is 946. The van der Waals surface area contributed by atoms with Gasteiger partial charge in [0.15, 0.2) is 0 Å². The van der Waals surface area contributed by atoms with Gasteiger partial charge in [0.25, 0.3) is 0 Å². The number of alkyl halides is 1. The highest BCUT2D eigenvalue weighted by Gasteiger charge is 2.16. The molecule has 4 heteroatoms. The molecule has 4 rings (SSSR count). The highest BCUT2D eigenvalue weighted by atomic mass is 35.5. The van der Waals surface area contributed by atoms with Crippen molar-refractivity contribution in [2.75, 3.05) is 0 Å². The summed E-state index contributed by atoms with van der Waals surface area (Å²) < 4.78 is 2.09. The Morgan fingerprint density at radius 1 is 0.957 bits per heavy atom. The number of hydrogen-bond acceptors (Lipinski definition) is 2. The topological polar surface area (TPSA) is 30.2 Å². The first-order valence-electron chi connectivity index (χ1n) is 7.40. The Morgan fingerprint density at radius 3 is 2.52 bits per heavy atom. The molecule has 0 bridgehead atoms. The van der Waals surface area contributed by atoms with Crippen LogP contribution in [0.4, 0.5) is 0 Å². The van der Waals surface area contributed by atoms with Gasteiger partial charge >= 0.3 is 0 Å². The minimum Gasteiger partial charge on any atom is -0.299 e. The van der Waals surface area contributed by atoms with Crippen LogP contribution in [0, 0.1) is 0 Å². The molecule has 0 saturated heterocycles. The number of imidazole rings is 1. The van der Waals surface area contributed by atoms with E-state index < -0.39 is 0 Å². The summed E-state index contributed by atoms with van der Waals surface area (Å²) in [6.07, 6.45) is 3.81. The van der Waals surface area contributed by atoms with E-state index in [0.29, 0.717) is 5.88 Å². The summed E-state index contributed by atoms with van der Waals surface area (Å²) in [6.45, 7) is 0. The average molecular weight is 320 g/mol. The summed E-state index contributed by atoms with van der Waals surface area (Å²) in [5.74, 6) is 0.475. The number of rotatable bonds is 3. The fraction of sp³-hybridized carbons (Fsp3) is 0.0526. The zero-order valence-electron chi connectivity index (χ0n) is 12.4. The van der Waals surface area contributed by atoms with Gasteiger partial charge in [0.1, 0.15) is 11.3 Å². The van der Waals surface area contributed by atoms with E-state index in [2.05, 4.69) is 21.5 Å². The van der Waals surface area contributed by atoms with E-state index in [9.17, 15) is 0 Å². The van der Waals surface area contributed by atoms with Crippen molar-refractivity contribution >= 4 is 17.2 Å². The van der Waals surface area contributed by atoms with Gasteiger partial charge in [-0.15, -0.1) is 11.6 Å². The zero-order chi connectivity index (χ0) is 15.6. The van der Waals surface area contributed by atoms with Crippen molar-refractivity contribution in [3.8, 4) is 22.6 Å². The Kier molecular flexibility index (Phi) is 3.56. The van der Waals surface area contributed by atoms with Crippen LogP contribution in [0.2, 0.25) is 0 Å². The van der Waals surface area contributed by atoms with Gasteiger partial charge in [-0.1, -0.05) is 36.4 Å². The van der Waals surface area contributed by atoms with Crippen molar-refractivity contribution in [3.63, 3.8) is 0 Å². The minimum atomic E-state index is 0.475. The largest absolute Gasteiger partial charge is 0.299 e. The third kappa shape index (κ3) is 2.49. The molecule has 0 aliphatic carbocycles. The summed E-state index contributed by atoms with van der Waals surface area (Å²) in [6, 6.07) is 20.2. The first-order chi connectivity index (χ1) is 11.4. The molecule has 3 nitrogen and oxygen atoms in total. The molecule has 0 spiro atoms. The highest BCUT2D eigenvalue weighted by Crippen LogP contribution is 2.31. The van der Waals surface area contributed by atoms with Gasteiger partial charge in [-0.2, -0.15) is 0 Å². The third-order valence-corrected chi connectivity index (χ3v) is 4.11. The molecule has 3 aromatic heterocycles. The Labute approximate surface area is 139 Å².